The van der Waals surface area contributed by atoms with E-state index in [1.54, 1.807) is 6.07 Å². The molecule has 0 bridgehead atoms. The maximum absolute atomic E-state index is 15.1. The van der Waals surface area contributed by atoms with Crippen LogP contribution in [0.4, 0.5) is 8.78 Å². The SMILES string of the molecule is COc1ccc(-n2cncn2)c(C(N)C(O)c2c(I)ccc(OC)c2F)c1F. The van der Waals surface area contributed by atoms with E-state index >= 15 is 4.39 Å². The lowest BCUT2D eigenvalue weighted by atomic mass is 9.94. The van der Waals surface area contributed by atoms with Crippen LogP contribution < -0.4 is 15.2 Å². The van der Waals surface area contributed by atoms with E-state index in [0.717, 1.165) is 0 Å². The molecule has 28 heavy (non-hydrogen) atoms. The fourth-order valence-electron chi connectivity index (χ4n) is 2.89. The third-order valence-electron chi connectivity index (χ3n) is 4.29. The van der Waals surface area contributed by atoms with Gasteiger partial charge < -0.3 is 20.3 Å². The number of aliphatic hydroxyl groups excluding tert-OH is 1. The largest absolute Gasteiger partial charge is 0.494 e. The Kier molecular flexibility index (Phi) is 6.10. The van der Waals surface area contributed by atoms with Gasteiger partial charge in [-0.1, -0.05) is 0 Å². The normalized spacial score (nSPS) is 13.2. The molecular weight excluding hydrogens is 485 g/mol. The highest BCUT2D eigenvalue weighted by atomic mass is 127. The Morgan fingerprint density at radius 1 is 1.07 bits per heavy atom. The summed E-state index contributed by atoms with van der Waals surface area (Å²) in [6.45, 7) is 0. The molecule has 3 rings (SSSR count). The topological polar surface area (TPSA) is 95.4 Å². The Balaban J connectivity index is 2.16. The number of nitrogens with zero attached hydrogens (tertiary/aromatic N) is 3. The molecule has 0 radical (unpaired) electrons. The van der Waals surface area contributed by atoms with Gasteiger partial charge in [0, 0.05) is 14.7 Å². The van der Waals surface area contributed by atoms with Gasteiger partial charge in [-0.2, -0.15) is 5.10 Å². The first-order chi connectivity index (χ1) is 13.4. The predicted molar refractivity (Wildman–Crippen MR) is 105 cm³/mol. The molecule has 1 aromatic heterocycles. The summed E-state index contributed by atoms with van der Waals surface area (Å²) in [6.07, 6.45) is 1.07. The van der Waals surface area contributed by atoms with Gasteiger partial charge in [0.1, 0.15) is 18.8 Å². The summed E-state index contributed by atoms with van der Waals surface area (Å²) in [5.41, 5.74) is 6.29. The van der Waals surface area contributed by atoms with Crippen LogP contribution in [-0.2, 0) is 0 Å². The number of aromatic nitrogens is 3. The lowest BCUT2D eigenvalue weighted by molar-refractivity contribution is 0.138. The average molecular weight is 502 g/mol. The van der Waals surface area contributed by atoms with E-state index in [0.29, 0.717) is 3.57 Å². The second-order valence-corrected chi connectivity index (χ2v) is 6.96. The molecule has 2 aromatic carbocycles. The van der Waals surface area contributed by atoms with E-state index in [1.165, 1.54) is 49.8 Å². The summed E-state index contributed by atoms with van der Waals surface area (Å²) in [4.78, 5) is 3.84. The number of halogens is 3. The smallest absolute Gasteiger partial charge is 0.172 e. The van der Waals surface area contributed by atoms with E-state index in [4.69, 9.17) is 15.2 Å². The van der Waals surface area contributed by atoms with Crippen molar-refractivity contribution >= 4 is 22.6 Å². The first-order valence-electron chi connectivity index (χ1n) is 8.07. The van der Waals surface area contributed by atoms with Crippen LogP contribution in [0.15, 0.2) is 36.9 Å². The van der Waals surface area contributed by atoms with Gasteiger partial charge in [0.15, 0.2) is 23.1 Å². The van der Waals surface area contributed by atoms with Gasteiger partial charge in [-0.15, -0.1) is 0 Å². The highest BCUT2D eigenvalue weighted by Gasteiger charge is 2.31. The Morgan fingerprint density at radius 3 is 2.25 bits per heavy atom. The molecule has 0 saturated heterocycles. The molecule has 1 heterocycles. The summed E-state index contributed by atoms with van der Waals surface area (Å²) in [5, 5.41) is 14.8. The molecule has 10 heteroatoms. The number of methoxy groups -OCH3 is 2. The summed E-state index contributed by atoms with van der Waals surface area (Å²) in [5.74, 6) is -1.66. The molecule has 7 nitrogen and oxygen atoms in total. The van der Waals surface area contributed by atoms with Crippen LogP contribution in [0.5, 0.6) is 11.5 Å². The van der Waals surface area contributed by atoms with Gasteiger partial charge in [0.25, 0.3) is 0 Å². The van der Waals surface area contributed by atoms with Crippen LogP contribution in [-0.4, -0.2) is 34.1 Å². The van der Waals surface area contributed by atoms with E-state index in [1.807, 2.05) is 22.6 Å². The summed E-state index contributed by atoms with van der Waals surface area (Å²) >= 11 is 1.87. The first-order valence-corrected chi connectivity index (χ1v) is 9.15. The maximum atomic E-state index is 15.1. The van der Waals surface area contributed by atoms with Crippen LogP contribution in [0.2, 0.25) is 0 Å². The van der Waals surface area contributed by atoms with E-state index in [9.17, 15) is 9.50 Å². The number of hydrogen-bond acceptors (Lipinski definition) is 6. The second-order valence-electron chi connectivity index (χ2n) is 5.80. The minimum atomic E-state index is -1.56. The van der Waals surface area contributed by atoms with Crippen LogP contribution in [0, 0.1) is 15.2 Å². The number of rotatable bonds is 6. The van der Waals surface area contributed by atoms with E-state index in [-0.39, 0.29) is 28.3 Å². The molecule has 0 spiro atoms. The molecule has 2 atom stereocenters. The zero-order chi connectivity index (χ0) is 20.4. The molecule has 0 fully saturated rings. The molecule has 0 aliphatic carbocycles. The van der Waals surface area contributed by atoms with Crippen molar-refractivity contribution in [2.75, 3.05) is 14.2 Å². The minimum absolute atomic E-state index is 0.0516. The molecule has 3 aromatic rings. The lowest BCUT2D eigenvalue weighted by Crippen LogP contribution is -2.24. The summed E-state index contributed by atoms with van der Waals surface area (Å²) in [7, 11) is 2.62. The molecule has 0 aliphatic rings. The van der Waals surface area contributed by atoms with Crippen molar-refractivity contribution in [2.45, 2.75) is 12.1 Å². The molecule has 148 valence electrons. The average Bonchev–Trinajstić information content (AvgIpc) is 3.22. The van der Waals surface area contributed by atoms with Crippen molar-refractivity contribution in [3.8, 4) is 17.2 Å². The fraction of sp³-hybridized carbons (Fsp3) is 0.222. The lowest BCUT2D eigenvalue weighted by Gasteiger charge is -2.25. The van der Waals surface area contributed by atoms with E-state index in [2.05, 4.69) is 10.1 Å². The maximum Gasteiger partial charge on any atom is 0.172 e. The van der Waals surface area contributed by atoms with Crippen molar-refractivity contribution < 1.29 is 23.4 Å². The van der Waals surface area contributed by atoms with Crippen molar-refractivity contribution in [1.29, 1.82) is 0 Å². The Morgan fingerprint density at radius 2 is 1.68 bits per heavy atom. The monoisotopic (exact) mass is 502 g/mol. The molecule has 2 unspecified atom stereocenters. The van der Waals surface area contributed by atoms with Crippen LogP contribution in [0.25, 0.3) is 5.69 Å². The zero-order valence-corrected chi connectivity index (χ0v) is 17.1. The number of aliphatic hydroxyl groups is 1. The number of hydrogen-bond donors (Lipinski definition) is 2. The van der Waals surface area contributed by atoms with Crippen molar-refractivity contribution in [1.82, 2.24) is 14.8 Å². The van der Waals surface area contributed by atoms with Gasteiger partial charge in [0.05, 0.1) is 25.9 Å². The third-order valence-corrected chi connectivity index (χ3v) is 5.23. The second kappa shape index (κ2) is 8.37. The Bertz CT molecular complexity index is 985. The van der Waals surface area contributed by atoms with Crippen molar-refractivity contribution in [3.63, 3.8) is 0 Å². The van der Waals surface area contributed by atoms with Gasteiger partial charge in [0.2, 0.25) is 0 Å². The van der Waals surface area contributed by atoms with Gasteiger partial charge in [-0.3, -0.25) is 0 Å². The zero-order valence-electron chi connectivity index (χ0n) is 14.9. The highest BCUT2D eigenvalue weighted by Crippen LogP contribution is 2.39. The highest BCUT2D eigenvalue weighted by molar-refractivity contribution is 14.1. The Hall–Kier alpha value is -2.31. The van der Waals surface area contributed by atoms with Crippen molar-refractivity contribution in [3.05, 3.63) is 63.3 Å². The Labute approximate surface area is 173 Å². The molecule has 3 N–H and O–H groups in total. The van der Waals surface area contributed by atoms with Crippen molar-refractivity contribution in [2.24, 2.45) is 5.73 Å². The minimum Gasteiger partial charge on any atom is -0.494 e. The first kappa shape index (κ1) is 20.4. The molecule has 0 aliphatic heterocycles. The van der Waals surface area contributed by atoms with Gasteiger partial charge in [-0.25, -0.2) is 18.4 Å². The predicted octanol–water partition coefficient (Wildman–Crippen LogP) is 2.90. The van der Waals surface area contributed by atoms with Gasteiger partial charge >= 0.3 is 0 Å². The number of benzene rings is 2. The van der Waals surface area contributed by atoms with Crippen LogP contribution >= 0.6 is 22.6 Å². The fourth-order valence-corrected chi connectivity index (χ4v) is 3.62. The number of ether oxygens (including phenoxy) is 2. The van der Waals surface area contributed by atoms with Gasteiger partial charge in [-0.05, 0) is 46.9 Å². The standard InChI is InChI=1S/C18H17F2IN4O3/c1-27-11-5-3-9(21)13(15(11)19)18(26)17(22)14-10(25-8-23-7-24-25)4-6-12(28-2)16(14)20/h3-8,17-18,26H,22H2,1-2H3. The van der Waals surface area contributed by atoms with Crippen LogP contribution in [0.1, 0.15) is 23.3 Å². The summed E-state index contributed by atoms with van der Waals surface area (Å²) < 4.78 is 41.6. The molecular formula is C18H17F2IN4O3. The summed E-state index contributed by atoms with van der Waals surface area (Å²) in [6, 6.07) is 4.63. The van der Waals surface area contributed by atoms with Crippen LogP contribution in [0.3, 0.4) is 0 Å². The van der Waals surface area contributed by atoms with E-state index < -0.39 is 23.8 Å². The quantitative estimate of drug-likeness (QED) is 0.504. The number of nitrogens with two attached hydrogens (primary N) is 1. The molecule has 0 saturated carbocycles. The third kappa shape index (κ3) is 3.54. The molecule has 0 amide bonds.